The number of carbonyl (C=O) groups is 1. The van der Waals surface area contributed by atoms with Gasteiger partial charge in [-0.3, -0.25) is 14.5 Å². The Hall–Kier alpha value is -2.98. The van der Waals surface area contributed by atoms with Crippen LogP contribution in [-0.4, -0.2) is 25.7 Å². The summed E-state index contributed by atoms with van der Waals surface area (Å²) in [6.45, 7) is 4.02. The summed E-state index contributed by atoms with van der Waals surface area (Å²) in [6, 6.07) is 4.16. The number of thiazole rings is 1. The van der Waals surface area contributed by atoms with E-state index in [1.54, 1.807) is 0 Å². The number of rotatable bonds is 5. The average Bonchev–Trinajstić information content (AvgIpc) is 3.23. The van der Waals surface area contributed by atoms with Gasteiger partial charge < -0.3 is 5.32 Å². The van der Waals surface area contributed by atoms with E-state index in [-0.39, 0.29) is 5.91 Å². The van der Waals surface area contributed by atoms with Crippen LogP contribution in [0, 0.1) is 12.3 Å². The monoisotopic (exact) mass is 391 g/mol. The lowest BCUT2D eigenvalue weighted by molar-refractivity contribution is -0.114. The molecule has 0 aliphatic heterocycles. The number of fused-ring (bicyclic) bond motifs is 3. The molecule has 4 rings (SSSR count). The van der Waals surface area contributed by atoms with E-state index in [0.717, 1.165) is 58.9 Å². The SMILES string of the molecule is C#CCn1nc(-c2ccc(CCC)nc2)c2c1-c1sc(NC(C)=O)nc1CC2. The number of nitrogens with zero attached hydrogens (tertiary/aromatic N) is 4. The Morgan fingerprint density at radius 1 is 1.39 bits per heavy atom. The molecule has 1 aliphatic rings. The number of pyridine rings is 1. The second-order valence-corrected chi connectivity index (χ2v) is 7.80. The molecule has 7 heteroatoms. The summed E-state index contributed by atoms with van der Waals surface area (Å²) >= 11 is 1.48. The van der Waals surface area contributed by atoms with Crippen LogP contribution in [0.2, 0.25) is 0 Å². The Bertz CT molecular complexity index is 1070. The molecule has 3 heterocycles. The van der Waals surface area contributed by atoms with Crippen molar-refractivity contribution >= 4 is 22.4 Å². The second-order valence-electron chi connectivity index (χ2n) is 6.80. The summed E-state index contributed by atoms with van der Waals surface area (Å²) in [5, 5.41) is 8.23. The van der Waals surface area contributed by atoms with Gasteiger partial charge in [-0.2, -0.15) is 5.10 Å². The molecule has 28 heavy (non-hydrogen) atoms. The summed E-state index contributed by atoms with van der Waals surface area (Å²) < 4.78 is 1.87. The van der Waals surface area contributed by atoms with Gasteiger partial charge in [-0.25, -0.2) is 4.98 Å². The van der Waals surface area contributed by atoms with Crippen LogP contribution in [-0.2, 0) is 30.6 Å². The predicted molar refractivity (Wildman–Crippen MR) is 111 cm³/mol. The quantitative estimate of drug-likeness (QED) is 0.673. The molecule has 142 valence electrons. The van der Waals surface area contributed by atoms with Gasteiger partial charge >= 0.3 is 0 Å². The molecule has 0 saturated carbocycles. The van der Waals surface area contributed by atoms with Crippen LogP contribution in [0.3, 0.4) is 0 Å². The van der Waals surface area contributed by atoms with Gasteiger partial charge in [-0.05, 0) is 31.4 Å². The maximum absolute atomic E-state index is 11.4. The highest BCUT2D eigenvalue weighted by Gasteiger charge is 2.29. The predicted octanol–water partition coefficient (Wildman–Crippen LogP) is 3.71. The van der Waals surface area contributed by atoms with Crippen LogP contribution in [0.5, 0.6) is 0 Å². The van der Waals surface area contributed by atoms with E-state index in [1.807, 2.05) is 10.9 Å². The molecule has 0 bridgehead atoms. The van der Waals surface area contributed by atoms with E-state index in [4.69, 9.17) is 11.5 Å². The molecule has 1 aliphatic carbocycles. The van der Waals surface area contributed by atoms with E-state index in [9.17, 15) is 4.79 Å². The highest BCUT2D eigenvalue weighted by Crippen LogP contribution is 2.43. The van der Waals surface area contributed by atoms with Crippen molar-refractivity contribution in [2.45, 2.75) is 46.1 Å². The number of hydrogen-bond acceptors (Lipinski definition) is 5. The van der Waals surface area contributed by atoms with Gasteiger partial charge in [0, 0.05) is 29.9 Å². The Balaban J connectivity index is 1.80. The molecular weight excluding hydrogens is 370 g/mol. The van der Waals surface area contributed by atoms with Crippen molar-refractivity contribution in [2.75, 3.05) is 5.32 Å². The molecule has 0 atom stereocenters. The van der Waals surface area contributed by atoms with E-state index in [2.05, 4.69) is 40.3 Å². The molecule has 0 spiro atoms. The van der Waals surface area contributed by atoms with E-state index in [1.165, 1.54) is 23.8 Å². The van der Waals surface area contributed by atoms with Gasteiger partial charge in [0.15, 0.2) is 5.13 Å². The Morgan fingerprint density at radius 3 is 2.93 bits per heavy atom. The number of nitrogens with one attached hydrogen (secondary N) is 1. The molecule has 0 fully saturated rings. The molecule has 3 aromatic rings. The van der Waals surface area contributed by atoms with Gasteiger partial charge in [0.25, 0.3) is 0 Å². The molecule has 1 amide bonds. The van der Waals surface area contributed by atoms with Gasteiger partial charge in [-0.15, -0.1) is 6.42 Å². The van der Waals surface area contributed by atoms with Crippen molar-refractivity contribution in [3.8, 4) is 34.2 Å². The first-order chi connectivity index (χ1) is 13.6. The second kappa shape index (κ2) is 7.56. The van der Waals surface area contributed by atoms with Crippen LogP contribution in [0.4, 0.5) is 5.13 Å². The zero-order valence-corrected chi connectivity index (χ0v) is 16.8. The smallest absolute Gasteiger partial charge is 0.223 e. The van der Waals surface area contributed by atoms with Crippen molar-refractivity contribution < 1.29 is 4.79 Å². The average molecular weight is 392 g/mol. The number of anilines is 1. The molecule has 6 nitrogen and oxygen atoms in total. The lowest BCUT2D eigenvalue weighted by Crippen LogP contribution is -2.07. The first kappa shape index (κ1) is 18.4. The molecular formula is C21H21N5OS. The largest absolute Gasteiger partial charge is 0.302 e. The van der Waals surface area contributed by atoms with Gasteiger partial charge in [0.2, 0.25) is 5.91 Å². The van der Waals surface area contributed by atoms with Crippen LogP contribution in [0.25, 0.3) is 21.8 Å². The topological polar surface area (TPSA) is 72.7 Å². The third-order valence-electron chi connectivity index (χ3n) is 4.70. The normalized spacial score (nSPS) is 12.2. The fourth-order valence-corrected chi connectivity index (χ4v) is 4.68. The minimum absolute atomic E-state index is 0.123. The van der Waals surface area contributed by atoms with Crippen molar-refractivity contribution in [3.05, 3.63) is 35.3 Å². The summed E-state index contributed by atoms with van der Waals surface area (Å²) in [7, 11) is 0. The number of carbonyl (C=O) groups excluding carboxylic acids is 1. The maximum atomic E-state index is 11.4. The number of terminal acetylenes is 1. The zero-order chi connectivity index (χ0) is 19.7. The fraction of sp³-hybridized carbons (Fsp3) is 0.333. The number of amides is 1. The molecule has 0 unspecified atom stereocenters. The fourth-order valence-electron chi connectivity index (χ4n) is 3.55. The van der Waals surface area contributed by atoms with Crippen molar-refractivity contribution in [1.29, 1.82) is 0 Å². The molecule has 1 N–H and O–H groups in total. The highest BCUT2D eigenvalue weighted by molar-refractivity contribution is 7.19. The summed E-state index contributed by atoms with van der Waals surface area (Å²) in [5.41, 5.74) is 6.20. The molecule has 0 aromatic carbocycles. The summed E-state index contributed by atoms with van der Waals surface area (Å²) in [5.74, 6) is 2.57. The van der Waals surface area contributed by atoms with Gasteiger partial charge in [0.1, 0.15) is 6.54 Å². The van der Waals surface area contributed by atoms with E-state index in [0.29, 0.717) is 11.7 Å². The van der Waals surface area contributed by atoms with Crippen LogP contribution in [0.1, 0.15) is 37.2 Å². The Labute approximate surface area is 168 Å². The molecule has 0 radical (unpaired) electrons. The third-order valence-corrected chi connectivity index (χ3v) is 5.72. The van der Waals surface area contributed by atoms with Gasteiger partial charge in [0.05, 0.1) is 22.0 Å². The lowest BCUT2D eigenvalue weighted by atomic mass is 9.95. The van der Waals surface area contributed by atoms with Crippen molar-refractivity contribution in [3.63, 3.8) is 0 Å². The van der Waals surface area contributed by atoms with Crippen LogP contribution >= 0.6 is 11.3 Å². The van der Waals surface area contributed by atoms with E-state index >= 15 is 0 Å². The number of aromatic nitrogens is 4. The molecule has 3 aromatic heterocycles. The maximum Gasteiger partial charge on any atom is 0.223 e. The van der Waals surface area contributed by atoms with Crippen molar-refractivity contribution in [1.82, 2.24) is 19.7 Å². The van der Waals surface area contributed by atoms with E-state index < -0.39 is 0 Å². The van der Waals surface area contributed by atoms with Gasteiger partial charge in [-0.1, -0.05) is 30.6 Å². The van der Waals surface area contributed by atoms with Crippen LogP contribution in [0.15, 0.2) is 18.3 Å². The zero-order valence-electron chi connectivity index (χ0n) is 16.0. The summed E-state index contributed by atoms with van der Waals surface area (Å²) in [6.07, 6.45) is 11.2. The Kier molecular flexibility index (Phi) is 4.97. The lowest BCUT2D eigenvalue weighted by Gasteiger charge is -2.13. The number of hydrogen-bond donors (Lipinski definition) is 1. The first-order valence-corrected chi connectivity index (χ1v) is 10.2. The third kappa shape index (κ3) is 3.32. The van der Waals surface area contributed by atoms with Crippen LogP contribution < -0.4 is 5.32 Å². The standard InChI is InChI=1S/C21H21N5OS/c1-4-6-15-8-7-14(12-22-15)18-16-9-10-17-20(19(16)26(25-18)11-5-2)28-21(24-17)23-13(3)27/h2,7-8,12H,4,6,9-11H2,1,3H3,(H,23,24,27). The highest BCUT2D eigenvalue weighted by atomic mass is 32.1. The minimum Gasteiger partial charge on any atom is -0.302 e. The summed E-state index contributed by atoms with van der Waals surface area (Å²) in [4.78, 5) is 21.6. The van der Waals surface area contributed by atoms with Crippen molar-refractivity contribution in [2.24, 2.45) is 0 Å². The minimum atomic E-state index is -0.123. The number of aryl methyl sites for hydroxylation is 2. The first-order valence-electron chi connectivity index (χ1n) is 9.36. The molecule has 0 saturated heterocycles. The Morgan fingerprint density at radius 2 is 2.25 bits per heavy atom.